The van der Waals surface area contributed by atoms with E-state index in [9.17, 15) is 0 Å². The highest BCUT2D eigenvalue weighted by Crippen LogP contribution is 2.36. The highest BCUT2D eigenvalue weighted by molar-refractivity contribution is 5.48. The van der Waals surface area contributed by atoms with Crippen molar-refractivity contribution in [2.24, 2.45) is 0 Å². The van der Waals surface area contributed by atoms with E-state index < -0.39 is 0 Å². The average molecular weight is 275 g/mol. The van der Waals surface area contributed by atoms with Crippen LogP contribution in [0.25, 0.3) is 0 Å². The van der Waals surface area contributed by atoms with Crippen LogP contribution in [-0.2, 0) is 0 Å². The maximum atomic E-state index is 4.68. The normalized spacial score (nSPS) is 19.4. The Balaban J connectivity index is 2.22. The number of hydrogen-bond acceptors (Lipinski definition) is 3. The molecule has 1 atom stereocenters. The number of rotatable bonds is 7. The van der Waals surface area contributed by atoms with Crippen LogP contribution in [-0.4, -0.2) is 36.1 Å². The van der Waals surface area contributed by atoms with Gasteiger partial charge >= 0.3 is 0 Å². The maximum absolute atomic E-state index is 4.68. The van der Waals surface area contributed by atoms with E-state index >= 15 is 0 Å². The molecule has 3 heteroatoms. The first-order chi connectivity index (χ1) is 9.81. The van der Waals surface area contributed by atoms with E-state index in [4.69, 9.17) is 0 Å². The minimum atomic E-state index is 0.575. The van der Waals surface area contributed by atoms with Crippen molar-refractivity contribution < 1.29 is 0 Å². The Labute approximate surface area is 124 Å². The van der Waals surface area contributed by atoms with E-state index in [-0.39, 0.29) is 0 Å². The fourth-order valence-corrected chi connectivity index (χ4v) is 3.26. The Morgan fingerprint density at radius 1 is 1.30 bits per heavy atom. The lowest BCUT2D eigenvalue weighted by Crippen LogP contribution is -2.29. The molecule has 1 fully saturated rings. The minimum absolute atomic E-state index is 0.575. The Bertz CT molecular complexity index is 401. The molecule has 0 amide bonds. The first-order valence-electron chi connectivity index (χ1n) is 8.25. The van der Waals surface area contributed by atoms with E-state index in [0.29, 0.717) is 6.04 Å². The lowest BCUT2D eigenvalue weighted by Gasteiger charge is -2.29. The molecule has 0 spiro atoms. The third kappa shape index (κ3) is 3.32. The fraction of sp³-hybridized carbons (Fsp3) is 0.706. The summed E-state index contributed by atoms with van der Waals surface area (Å²) in [6, 6.07) is 4.96. The van der Waals surface area contributed by atoms with Crippen molar-refractivity contribution in [1.82, 2.24) is 9.88 Å². The van der Waals surface area contributed by atoms with E-state index in [1.165, 1.54) is 50.2 Å². The summed E-state index contributed by atoms with van der Waals surface area (Å²) in [5, 5.41) is 0. The Morgan fingerprint density at radius 2 is 2.10 bits per heavy atom. The Hall–Kier alpha value is -1.09. The zero-order valence-electron chi connectivity index (χ0n) is 13.3. The molecule has 1 aromatic rings. The lowest BCUT2D eigenvalue weighted by atomic mass is 10.0. The van der Waals surface area contributed by atoms with Crippen LogP contribution in [0.2, 0.25) is 0 Å². The number of anilines is 1. The molecular formula is C17H29N3. The van der Waals surface area contributed by atoms with Gasteiger partial charge in [-0.3, -0.25) is 4.90 Å². The standard InChI is InChI=1S/C17H29N3/c1-4-7-13-20-14-9-11-16(20)15-10-8-12-18-17(15)19(5-2)6-3/h8,10,12,16H,4-7,9,11,13-14H2,1-3H3/t16-/m1/s1. The van der Waals surface area contributed by atoms with Crippen LogP contribution in [0.4, 0.5) is 5.82 Å². The molecule has 1 aromatic heterocycles. The number of likely N-dealkylation sites (tertiary alicyclic amines) is 1. The second-order valence-electron chi connectivity index (χ2n) is 5.64. The van der Waals surface area contributed by atoms with E-state index in [1.807, 2.05) is 6.20 Å². The zero-order chi connectivity index (χ0) is 14.4. The van der Waals surface area contributed by atoms with Crippen molar-refractivity contribution in [3.05, 3.63) is 23.9 Å². The van der Waals surface area contributed by atoms with Crippen molar-refractivity contribution in [3.8, 4) is 0 Å². The fourth-order valence-electron chi connectivity index (χ4n) is 3.26. The molecule has 20 heavy (non-hydrogen) atoms. The summed E-state index contributed by atoms with van der Waals surface area (Å²) >= 11 is 0. The highest BCUT2D eigenvalue weighted by Gasteiger charge is 2.28. The maximum Gasteiger partial charge on any atom is 0.133 e. The zero-order valence-corrected chi connectivity index (χ0v) is 13.3. The predicted octanol–water partition coefficient (Wildman–Crippen LogP) is 3.86. The van der Waals surface area contributed by atoms with Gasteiger partial charge in [0.05, 0.1) is 0 Å². The summed E-state index contributed by atoms with van der Waals surface area (Å²) in [4.78, 5) is 9.72. The molecule has 112 valence electrons. The average Bonchev–Trinajstić information content (AvgIpc) is 2.95. The summed E-state index contributed by atoms with van der Waals surface area (Å²) in [6.07, 6.45) is 7.11. The van der Waals surface area contributed by atoms with Crippen LogP contribution in [0.1, 0.15) is 58.1 Å². The quantitative estimate of drug-likeness (QED) is 0.753. The van der Waals surface area contributed by atoms with Gasteiger partial charge in [-0.25, -0.2) is 4.98 Å². The van der Waals surface area contributed by atoms with Crippen LogP contribution in [0.15, 0.2) is 18.3 Å². The molecule has 0 saturated carbocycles. The van der Waals surface area contributed by atoms with Gasteiger partial charge in [-0.2, -0.15) is 0 Å². The van der Waals surface area contributed by atoms with Crippen LogP contribution in [0.3, 0.4) is 0 Å². The van der Waals surface area contributed by atoms with Gasteiger partial charge in [0.2, 0.25) is 0 Å². The monoisotopic (exact) mass is 275 g/mol. The van der Waals surface area contributed by atoms with Crippen LogP contribution in [0.5, 0.6) is 0 Å². The largest absolute Gasteiger partial charge is 0.357 e. The van der Waals surface area contributed by atoms with Gasteiger partial charge in [0.1, 0.15) is 5.82 Å². The number of nitrogens with zero attached hydrogens (tertiary/aromatic N) is 3. The lowest BCUT2D eigenvalue weighted by molar-refractivity contribution is 0.253. The highest BCUT2D eigenvalue weighted by atomic mass is 15.2. The first-order valence-corrected chi connectivity index (χ1v) is 8.25. The summed E-state index contributed by atoms with van der Waals surface area (Å²) in [7, 11) is 0. The van der Waals surface area contributed by atoms with Crippen LogP contribution < -0.4 is 4.90 Å². The number of unbranched alkanes of at least 4 members (excludes halogenated alkanes) is 1. The second-order valence-corrected chi connectivity index (χ2v) is 5.64. The van der Waals surface area contributed by atoms with Gasteiger partial charge in [-0.05, 0) is 52.3 Å². The van der Waals surface area contributed by atoms with E-state index in [1.54, 1.807) is 0 Å². The Kier molecular flexibility index (Phi) is 5.84. The molecule has 0 N–H and O–H groups in total. The van der Waals surface area contributed by atoms with Gasteiger partial charge in [-0.1, -0.05) is 19.4 Å². The predicted molar refractivity (Wildman–Crippen MR) is 86.3 cm³/mol. The molecule has 1 saturated heterocycles. The number of aromatic nitrogens is 1. The van der Waals surface area contributed by atoms with Crippen molar-refractivity contribution in [1.29, 1.82) is 0 Å². The summed E-state index contributed by atoms with van der Waals surface area (Å²) in [5.41, 5.74) is 1.44. The summed E-state index contributed by atoms with van der Waals surface area (Å²) in [5.74, 6) is 1.20. The molecule has 1 aliphatic rings. The smallest absolute Gasteiger partial charge is 0.133 e. The molecule has 1 aliphatic heterocycles. The first kappa shape index (κ1) is 15.3. The Morgan fingerprint density at radius 3 is 2.80 bits per heavy atom. The second kappa shape index (κ2) is 7.63. The molecule has 0 radical (unpaired) electrons. The SMILES string of the molecule is CCCCN1CCC[C@@H]1c1cccnc1N(CC)CC. The van der Waals surface area contributed by atoms with Crippen molar-refractivity contribution >= 4 is 5.82 Å². The van der Waals surface area contributed by atoms with Crippen molar-refractivity contribution in [2.75, 3.05) is 31.1 Å². The molecule has 0 bridgehead atoms. The molecular weight excluding hydrogens is 246 g/mol. The number of hydrogen-bond donors (Lipinski definition) is 0. The van der Waals surface area contributed by atoms with Gasteiger partial charge in [0.25, 0.3) is 0 Å². The van der Waals surface area contributed by atoms with Gasteiger partial charge in [0, 0.05) is 30.9 Å². The minimum Gasteiger partial charge on any atom is -0.357 e. The van der Waals surface area contributed by atoms with Gasteiger partial charge < -0.3 is 4.90 Å². The molecule has 0 aromatic carbocycles. The summed E-state index contributed by atoms with van der Waals surface area (Å²) in [6.45, 7) is 11.2. The third-order valence-corrected chi connectivity index (χ3v) is 4.40. The van der Waals surface area contributed by atoms with Gasteiger partial charge in [0.15, 0.2) is 0 Å². The van der Waals surface area contributed by atoms with Crippen LogP contribution in [0, 0.1) is 0 Å². The van der Waals surface area contributed by atoms with Gasteiger partial charge in [-0.15, -0.1) is 0 Å². The molecule has 2 rings (SSSR count). The number of pyridine rings is 1. The van der Waals surface area contributed by atoms with Crippen molar-refractivity contribution in [2.45, 2.75) is 52.5 Å². The van der Waals surface area contributed by atoms with E-state index in [2.05, 4.69) is 47.7 Å². The molecule has 3 nitrogen and oxygen atoms in total. The van der Waals surface area contributed by atoms with Crippen LogP contribution >= 0.6 is 0 Å². The topological polar surface area (TPSA) is 19.4 Å². The van der Waals surface area contributed by atoms with E-state index in [0.717, 1.165) is 13.1 Å². The molecule has 0 aliphatic carbocycles. The van der Waals surface area contributed by atoms with Crippen molar-refractivity contribution in [3.63, 3.8) is 0 Å². The molecule has 2 heterocycles. The molecule has 0 unspecified atom stereocenters. The third-order valence-electron chi connectivity index (χ3n) is 4.40. The summed E-state index contributed by atoms with van der Waals surface area (Å²) < 4.78 is 0.